The lowest BCUT2D eigenvalue weighted by molar-refractivity contribution is -0.00000787. The highest BCUT2D eigenvalue weighted by Gasteiger charge is 2.45. The minimum absolute atomic E-state index is 0. The van der Waals surface area contributed by atoms with Gasteiger partial charge in [0.05, 0.1) is 6.16 Å². The molecule has 0 N–H and O–H groups in total. The van der Waals surface area contributed by atoms with Crippen molar-refractivity contribution >= 4 is 31.5 Å². The molecule has 0 radical (unpaired) electrons. The van der Waals surface area contributed by atoms with Crippen molar-refractivity contribution in [1.82, 2.24) is 0 Å². The Bertz CT molecular complexity index is 754. The summed E-state index contributed by atoms with van der Waals surface area (Å²) in [4.78, 5) is 0. The van der Waals surface area contributed by atoms with Gasteiger partial charge in [0.15, 0.2) is 8.32 Å². The molecule has 0 heterocycles. The molecule has 0 saturated heterocycles. The summed E-state index contributed by atoms with van der Waals surface area (Å²) in [5.41, 5.74) is 0. The van der Waals surface area contributed by atoms with E-state index in [-0.39, 0.29) is 30.1 Å². The first kappa shape index (κ1) is 24.3. The van der Waals surface area contributed by atoms with Crippen LogP contribution in [0.15, 0.2) is 91.0 Å². The molecule has 0 aliphatic rings. The molecule has 0 saturated carbocycles. The van der Waals surface area contributed by atoms with E-state index in [4.69, 9.17) is 4.43 Å². The monoisotopic (exact) mass is 534 g/mol. The topological polar surface area (TPSA) is 9.23 Å². The second kappa shape index (κ2) is 10.9. The van der Waals surface area contributed by atoms with Crippen LogP contribution in [0, 0.1) is 0 Å². The van der Waals surface area contributed by atoms with Gasteiger partial charge in [-0.1, -0.05) is 54.6 Å². The summed E-state index contributed by atoms with van der Waals surface area (Å²) in [5.74, 6) is 0. The van der Waals surface area contributed by atoms with E-state index in [1.165, 1.54) is 15.9 Å². The number of hydrogen-bond acceptors (Lipinski definition) is 1. The molecule has 0 aliphatic heterocycles. The molecule has 29 heavy (non-hydrogen) atoms. The molecule has 154 valence electrons. The van der Waals surface area contributed by atoms with E-state index in [0.29, 0.717) is 0 Å². The highest BCUT2D eigenvalue weighted by Crippen LogP contribution is 2.56. The average Bonchev–Trinajstić information content (AvgIpc) is 2.70. The lowest BCUT2D eigenvalue weighted by Crippen LogP contribution is -3.00. The fourth-order valence-corrected chi connectivity index (χ4v) is 9.71. The first-order chi connectivity index (χ1) is 13.4. The quantitative estimate of drug-likeness (QED) is 0.246. The second-order valence-corrected chi connectivity index (χ2v) is 16.4. The maximum atomic E-state index is 6.40. The Labute approximate surface area is 195 Å². The van der Waals surface area contributed by atoms with Crippen LogP contribution in [0.5, 0.6) is 0 Å². The molecule has 1 nitrogen and oxygen atoms in total. The third-order valence-corrected chi connectivity index (χ3v) is 10.6. The molecule has 0 spiro atoms. The Morgan fingerprint density at radius 2 is 1.03 bits per heavy atom. The van der Waals surface area contributed by atoms with Gasteiger partial charge in [0.1, 0.15) is 23.2 Å². The minimum Gasteiger partial charge on any atom is -1.00 e. The third-order valence-electron chi connectivity index (χ3n) is 5.02. The summed E-state index contributed by atoms with van der Waals surface area (Å²) in [7, 11) is -3.28. The smallest absolute Gasteiger partial charge is 0.184 e. The van der Waals surface area contributed by atoms with Gasteiger partial charge >= 0.3 is 0 Å². The summed E-state index contributed by atoms with van der Waals surface area (Å²) >= 11 is 0. The lowest BCUT2D eigenvalue weighted by atomic mass is 10.3. The summed E-state index contributed by atoms with van der Waals surface area (Å²) in [6.07, 6.45) is 2.47. The van der Waals surface area contributed by atoms with E-state index in [1.807, 2.05) is 0 Å². The Balaban J connectivity index is 0.00000300. The van der Waals surface area contributed by atoms with Gasteiger partial charge in [0.25, 0.3) is 0 Å². The zero-order valence-corrected chi connectivity index (χ0v) is 21.9. The fraction of sp³-hybridized carbons (Fsp3) is 0.280. The molecular formula is C25H32IOPSi. The molecule has 0 bridgehead atoms. The van der Waals surface area contributed by atoms with Gasteiger partial charge in [-0.15, -0.1) is 0 Å². The van der Waals surface area contributed by atoms with E-state index in [0.717, 1.165) is 12.6 Å². The van der Waals surface area contributed by atoms with Gasteiger partial charge in [-0.3, -0.25) is 0 Å². The van der Waals surface area contributed by atoms with Crippen LogP contribution >= 0.6 is 7.26 Å². The van der Waals surface area contributed by atoms with Crippen molar-refractivity contribution in [1.29, 1.82) is 0 Å². The van der Waals surface area contributed by atoms with Gasteiger partial charge in [-0.25, -0.2) is 0 Å². The summed E-state index contributed by atoms with van der Waals surface area (Å²) in [5, 5.41) is 4.35. The van der Waals surface area contributed by atoms with E-state index in [1.54, 1.807) is 0 Å². The van der Waals surface area contributed by atoms with Crippen LogP contribution < -0.4 is 39.9 Å². The van der Waals surface area contributed by atoms with Crippen molar-refractivity contribution in [3.8, 4) is 0 Å². The van der Waals surface area contributed by atoms with Gasteiger partial charge in [0, 0.05) is 12.5 Å². The number of benzene rings is 3. The van der Waals surface area contributed by atoms with E-state index < -0.39 is 15.6 Å². The van der Waals surface area contributed by atoms with Crippen LogP contribution in [-0.4, -0.2) is 20.6 Å². The van der Waals surface area contributed by atoms with Crippen LogP contribution in [0.25, 0.3) is 0 Å². The van der Waals surface area contributed by atoms with Crippen LogP contribution in [0.1, 0.15) is 13.3 Å². The molecule has 3 aromatic carbocycles. The Morgan fingerprint density at radius 3 is 1.34 bits per heavy atom. The fourth-order valence-electron chi connectivity index (χ4n) is 3.92. The highest BCUT2D eigenvalue weighted by atomic mass is 127. The maximum Gasteiger partial charge on any atom is 0.184 e. The third kappa shape index (κ3) is 6.24. The van der Waals surface area contributed by atoms with Gasteiger partial charge in [0.2, 0.25) is 0 Å². The van der Waals surface area contributed by atoms with E-state index >= 15 is 0 Å². The zero-order valence-electron chi connectivity index (χ0n) is 17.9. The van der Waals surface area contributed by atoms with Crippen molar-refractivity contribution in [2.45, 2.75) is 39.1 Å². The van der Waals surface area contributed by atoms with Gasteiger partial charge < -0.3 is 28.4 Å². The van der Waals surface area contributed by atoms with Gasteiger partial charge in [-0.05, 0) is 63.0 Å². The molecule has 1 atom stereocenters. The Hall–Kier alpha value is -1.00. The van der Waals surface area contributed by atoms with Crippen molar-refractivity contribution in [2.75, 3.05) is 6.16 Å². The van der Waals surface area contributed by atoms with Crippen LogP contribution in [-0.2, 0) is 4.43 Å². The zero-order chi connectivity index (χ0) is 20.0. The highest BCUT2D eigenvalue weighted by molar-refractivity contribution is 7.95. The Morgan fingerprint density at radius 1 is 0.690 bits per heavy atom. The molecule has 0 aliphatic carbocycles. The average molecular weight is 534 g/mol. The SMILES string of the molecule is C[C@H](CC[P+](c1ccccc1)(c1ccccc1)c1ccccc1)O[Si](C)(C)C.[I-]. The maximum absolute atomic E-state index is 6.40. The molecule has 4 heteroatoms. The standard InChI is InChI=1S/C25H32OPSi.HI/c1-22(26-28(2,3)4)20-21-27(23-14-8-5-9-15-23,24-16-10-6-11-17-24)25-18-12-7-13-19-25;/h5-19,22H,20-21H2,1-4H3;1H/q+1;/p-1/t22-;/m1./s1. The summed E-state index contributed by atoms with van der Waals surface area (Å²) in [6, 6.07) is 33.3. The predicted molar refractivity (Wildman–Crippen MR) is 129 cm³/mol. The number of halogens is 1. The minimum atomic E-state index is -1.74. The van der Waals surface area contributed by atoms with Crippen LogP contribution in [0.4, 0.5) is 0 Å². The van der Waals surface area contributed by atoms with Crippen molar-refractivity contribution < 1.29 is 28.4 Å². The van der Waals surface area contributed by atoms with E-state index in [2.05, 4.69) is 118 Å². The lowest BCUT2D eigenvalue weighted by Gasteiger charge is -2.30. The summed E-state index contributed by atoms with van der Waals surface area (Å²) in [6.45, 7) is 9.07. The molecule has 0 aromatic heterocycles. The molecule has 0 fully saturated rings. The van der Waals surface area contributed by atoms with Gasteiger partial charge in [-0.2, -0.15) is 0 Å². The molecule has 0 amide bonds. The first-order valence-electron chi connectivity index (χ1n) is 10.1. The molecule has 0 unspecified atom stereocenters. The van der Waals surface area contributed by atoms with Crippen LogP contribution in [0.3, 0.4) is 0 Å². The van der Waals surface area contributed by atoms with Crippen molar-refractivity contribution in [3.63, 3.8) is 0 Å². The second-order valence-electron chi connectivity index (χ2n) is 8.37. The number of hydrogen-bond donors (Lipinski definition) is 0. The number of rotatable bonds is 8. The molecular weight excluding hydrogens is 502 g/mol. The van der Waals surface area contributed by atoms with Crippen molar-refractivity contribution in [3.05, 3.63) is 91.0 Å². The largest absolute Gasteiger partial charge is 1.00 e. The van der Waals surface area contributed by atoms with Crippen LogP contribution in [0.2, 0.25) is 19.6 Å². The summed E-state index contributed by atoms with van der Waals surface area (Å²) < 4.78 is 6.40. The first-order valence-corrected chi connectivity index (χ1v) is 15.5. The van der Waals surface area contributed by atoms with Crippen molar-refractivity contribution in [2.24, 2.45) is 0 Å². The normalized spacial score (nSPS) is 12.8. The predicted octanol–water partition coefficient (Wildman–Crippen LogP) is 2.61. The molecule has 3 rings (SSSR count). The Kier molecular flexibility index (Phi) is 9.08. The van der Waals surface area contributed by atoms with E-state index in [9.17, 15) is 0 Å². The molecule has 3 aromatic rings.